The summed E-state index contributed by atoms with van der Waals surface area (Å²) >= 11 is 0. The van der Waals surface area contributed by atoms with Gasteiger partial charge in [0.15, 0.2) is 0 Å². The fourth-order valence-electron chi connectivity index (χ4n) is 2.48. The molecule has 21 heavy (non-hydrogen) atoms. The first kappa shape index (κ1) is 13.9. The molecule has 3 rings (SSSR count). The van der Waals surface area contributed by atoms with Crippen molar-refractivity contribution in [3.63, 3.8) is 0 Å². The first-order valence-electron chi connectivity index (χ1n) is 7.13. The standard InChI is InChI=1S/C16H20N4O/c17-15-3-1-12(2-4-15)13-9-14(16(18)19-10-13)11-20-5-7-21-8-6-20/h1-4,9-10H,5-8,11,17H2,(H2,18,19). The maximum atomic E-state index is 6.02. The number of benzene rings is 1. The Labute approximate surface area is 124 Å². The highest BCUT2D eigenvalue weighted by Crippen LogP contribution is 2.24. The smallest absolute Gasteiger partial charge is 0.127 e. The predicted octanol–water partition coefficient (Wildman–Crippen LogP) is 1.75. The van der Waals surface area contributed by atoms with Gasteiger partial charge in [0, 0.05) is 42.6 Å². The Morgan fingerprint density at radius 3 is 2.48 bits per heavy atom. The zero-order valence-electron chi connectivity index (χ0n) is 12.0. The average Bonchev–Trinajstić information content (AvgIpc) is 2.51. The molecule has 0 bridgehead atoms. The van der Waals surface area contributed by atoms with E-state index in [9.17, 15) is 0 Å². The molecule has 0 aliphatic carbocycles. The molecule has 1 aromatic heterocycles. The number of nitrogen functional groups attached to an aromatic ring is 2. The number of aromatic nitrogens is 1. The number of ether oxygens (including phenoxy) is 1. The summed E-state index contributed by atoms with van der Waals surface area (Å²) in [6.45, 7) is 4.25. The molecular formula is C16H20N4O. The van der Waals surface area contributed by atoms with Gasteiger partial charge < -0.3 is 16.2 Å². The average molecular weight is 284 g/mol. The number of nitrogens with two attached hydrogens (primary N) is 2. The van der Waals surface area contributed by atoms with Gasteiger partial charge >= 0.3 is 0 Å². The topological polar surface area (TPSA) is 77.4 Å². The Bertz CT molecular complexity index is 606. The Hall–Kier alpha value is -2.11. The molecule has 0 spiro atoms. The van der Waals surface area contributed by atoms with Crippen LogP contribution in [0.25, 0.3) is 11.1 Å². The molecule has 2 aromatic rings. The van der Waals surface area contributed by atoms with Crippen molar-refractivity contribution in [2.75, 3.05) is 37.8 Å². The lowest BCUT2D eigenvalue weighted by atomic mass is 10.0. The van der Waals surface area contributed by atoms with E-state index in [0.717, 1.165) is 55.2 Å². The molecule has 0 amide bonds. The summed E-state index contributed by atoms with van der Waals surface area (Å²) in [6, 6.07) is 9.91. The number of hydrogen-bond acceptors (Lipinski definition) is 5. The number of anilines is 2. The minimum Gasteiger partial charge on any atom is -0.399 e. The van der Waals surface area contributed by atoms with E-state index in [1.165, 1.54) is 0 Å². The van der Waals surface area contributed by atoms with E-state index in [-0.39, 0.29) is 0 Å². The maximum Gasteiger partial charge on any atom is 0.127 e. The molecule has 2 heterocycles. The fourth-order valence-corrected chi connectivity index (χ4v) is 2.48. The summed E-state index contributed by atoms with van der Waals surface area (Å²) in [7, 11) is 0. The third kappa shape index (κ3) is 3.32. The summed E-state index contributed by atoms with van der Waals surface area (Å²) in [5.74, 6) is 0.598. The summed E-state index contributed by atoms with van der Waals surface area (Å²) < 4.78 is 5.37. The van der Waals surface area contributed by atoms with Crippen LogP contribution in [-0.4, -0.2) is 36.2 Å². The molecule has 0 atom stereocenters. The van der Waals surface area contributed by atoms with Crippen LogP contribution in [0.3, 0.4) is 0 Å². The van der Waals surface area contributed by atoms with Crippen LogP contribution in [0.1, 0.15) is 5.56 Å². The van der Waals surface area contributed by atoms with Crippen molar-refractivity contribution in [3.05, 3.63) is 42.1 Å². The molecule has 1 fully saturated rings. The highest BCUT2D eigenvalue weighted by atomic mass is 16.5. The third-order valence-corrected chi connectivity index (χ3v) is 3.74. The highest BCUT2D eigenvalue weighted by Gasteiger charge is 2.13. The van der Waals surface area contributed by atoms with Gasteiger partial charge in [-0.1, -0.05) is 12.1 Å². The molecule has 1 aliphatic rings. The van der Waals surface area contributed by atoms with Crippen molar-refractivity contribution in [2.45, 2.75) is 6.54 Å². The van der Waals surface area contributed by atoms with Crippen LogP contribution in [-0.2, 0) is 11.3 Å². The van der Waals surface area contributed by atoms with Gasteiger partial charge in [-0.05, 0) is 23.8 Å². The van der Waals surface area contributed by atoms with Crippen LogP contribution in [0.4, 0.5) is 11.5 Å². The summed E-state index contributed by atoms with van der Waals surface area (Å²) in [5.41, 5.74) is 15.7. The molecule has 0 radical (unpaired) electrons. The predicted molar refractivity (Wildman–Crippen MR) is 84.6 cm³/mol. The van der Waals surface area contributed by atoms with Crippen LogP contribution in [0.2, 0.25) is 0 Å². The van der Waals surface area contributed by atoms with E-state index in [0.29, 0.717) is 5.82 Å². The van der Waals surface area contributed by atoms with Crippen molar-refractivity contribution in [2.24, 2.45) is 0 Å². The van der Waals surface area contributed by atoms with E-state index >= 15 is 0 Å². The van der Waals surface area contributed by atoms with Gasteiger partial charge in [0.1, 0.15) is 5.82 Å². The van der Waals surface area contributed by atoms with Gasteiger partial charge in [-0.2, -0.15) is 0 Å². The lowest BCUT2D eigenvalue weighted by molar-refractivity contribution is 0.0342. The normalized spacial score (nSPS) is 16.0. The Morgan fingerprint density at radius 2 is 1.76 bits per heavy atom. The van der Waals surface area contributed by atoms with Gasteiger partial charge in [-0.25, -0.2) is 4.98 Å². The summed E-state index contributed by atoms with van der Waals surface area (Å²) in [4.78, 5) is 6.67. The Balaban J connectivity index is 1.83. The molecule has 5 nitrogen and oxygen atoms in total. The van der Waals surface area contributed by atoms with Crippen LogP contribution < -0.4 is 11.5 Å². The molecule has 0 saturated carbocycles. The lowest BCUT2D eigenvalue weighted by Crippen LogP contribution is -2.35. The zero-order chi connectivity index (χ0) is 14.7. The molecule has 0 unspecified atom stereocenters. The number of rotatable bonds is 3. The van der Waals surface area contributed by atoms with Gasteiger partial charge in [0.05, 0.1) is 13.2 Å². The monoisotopic (exact) mass is 284 g/mol. The van der Waals surface area contributed by atoms with Crippen LogP contribution in [0.5, 0.6) is 0 Å². The van der Waals surface area contributed by atoms with E-state index in [4.69, 9.17) is 16.2 Å². The fraction of sp³-hybridized carbons (Fsp3) is 0.312. The van der Waals surface area contributed by atoms with E-state index in [2.05, 4.69) is 16.0 Å². The Morgan fingerprint density at radius 1 is 1.05 bits per heavy atom. The summed E-state index contributed by atoms with van der Waals surface area (Å²) in [5, 5.41) is 0. The SMILES string of the molecule is Nc1ccc(-c2cnc(N)c(CN3CCOCC3)c2)cc1. The zero-order valence-corrected chi connectivity index (χ0v) is 12.0. The van der Waals surface area contributed by atoms with Crippen LogP contribution in [0.15, 0.2) is 36.5 Å². The lowest BCUT2D eigenvalue weighted by Gasteiger charge is -2.27. The van der Waals surface area contributed by atoms with Gasteiger partial charge in [-0.15, -0.1) is 0 Å². The number of morpholine rings is 1. The number of pyridine rings is 1. The first-order valence-corrected chi connectivity index (χ1v) is 7.13. The van der Waals surface area contributed by atoms with Crippen molar-refractivity contribution in [3.8, 4) is 11.1 Å². The maximum absolute atomic E-state index is 6.02. The van der Waals surface area contributed by atoms with Gasteiger partial charge in [0.2, 0.25) is 0 Å². The quantitative estimate of drug-likeness (QED) is 0.840. The molecule has 1 saturated heterocycles. The first-order chi connectivity index (χ1) is 10.2. The number of hydrogen-bond donors (Lipinski definition) is 2. The molecular weight excluding hydrogens is 264 g/mol. The van der Waals surface area contributed by atoms with E-state index in [1.807, 2.05) is 30.5 Å². The van der Waals surface area contributed by atoms with Crippen molar-refractivity contribution in [1.82, 2.24) is 9.88 Å². The van der Waals surface area contributed by atoms with E-state index < -0.39 is 0 Å². The summed E-state index contributed by atoms with van der Waals surface area (Å²) in [6.07, 6.45) is 1.81. The van der Waals surface area contributed by atoms with Crippen molar-refractivity contribution in [1.29, 1.82) is 0 Å². The number of nitrogens with zero attached hydrogens (tertiary/aromatic N) is 2. The highest BCUT2D eigenvalue weighted by molar-refractivity contribution is 5.67. The third-order valence-electron chi connectivity index (χ3n) is 3.74. The molecule has 4 N–H and O–H groups in total. The minimum atomic E-state index is 0.598. The molecule has 110 valence electrons. The molecule has 5 heteroatoms. The second-order valence-electron chi connectivity index (χ2n) is 5.28. The van der Waals surface area contributed by atoms with Gasteiger partial charge in [0.25, 0.3) is 0 Å². The van der Waals surface area contributed by atoms with Crippen molar-refractivity contribution >= 4 is 11.5 Å². The molecule has 1 aromatic carbocycles. The second-order valence-corrected chi connectivity index (χ2v) is 5.28. The van der Waals surface area contributed by atoms with Crippen molar-refractivity contribution < 1.29 is 4.74 Å². The van der Waals surface area contributed by atoms with Crippen LogP contribution in [0, 0.1) is 0 Å². The second kappa shape index (κ2) is 6.11. The largest absolute Gasteiger partial charge is 0.399 e. The molecule has 1 aliphatic heterocycles. The van der Waals surface area contributed by atoms with Crippen LogP contribution >= 0.6 is 0 Å². The van der Waals surface area contributed by atoms with E-state index in [1.54, 1.807) is 0 Å². The van der Waals surface area contributed by atoms with Gasteiger partial charge in [-0.3, -0.25) is 4.90 Å². The minimum absolute atomic E-state index is 0.598. The Kier molecular flexibility index (Phi) is 4.03.